The highest BCUT2D eigenvalue weighted by Gasteiger charge is 2.28. The molecule has 1 aliphatic rings. The fourth-order valence-electron chi connectivity index (χ4n) is 2.78. The van der Waals surface area contributed by atoms with Crippen LogP contribution in [0, 0.1) is 5.92 Å². The lowest BCUT2D eigenvalue weighted by Gasteiger charge is -2.29. The molecule has 2 nitrogen and oxygen atoms in total. The minimum Gasteiger partial charge on any atom is -0.342 e. The Kier molecular flexibility index (Phi) is 4.81. The van der Waals surface area contributed by atoms with Crippen molar-refractivity contribution in [2.75, 3.05) is 13.1 Å². The summed E-state index contributed by atoms with van der Waals surface area (Å²) < 4.78 is 0. The number of fused-ring (bicyclic) bond motifs is 1. The molecule has 2 rings (SSSR count). The summed E-state index contributed by atoms with van der Waals surface area (Å²) in [6.45, 7) is 6.13. The Morgan fingerprint density at radius 2 is 2.11 bits per heavy atom. The number of rotatable bonds is 5. The van der Waals surface area contributed by atoms with Crippen LogP contribution in [0.1, 0.15) is 43.6 Å². The zero-order chi connectivity index (χ0) is 13.0. The average Bonchev–Trinajstić information content (AvgIpc) is 2.84. The molecule has 1 atom stereocenters. The molecule has 0 aliphatic heterocycles. The predicted octanol–water partition coefficient (Wildman–Crippen LogP) is 3.50. The summed E-state index contributed by atoms with van der Waals surface area (Å²) in [5, 5.41) is 2.16. The average molecular weight is 265 g/mol. The maximum atomic E-state index is 12.5. The van der Waals surface area contributed by atoms with Gasteiger partial charge in [-0.25, -0.2) is 0 Å². The van der Waals surface area contributed by atoms with Crippen LogP contribution in [0.5, 0.6) is 0 Å². The standard InChI is InChI=1S/C15H23NOS/c1-3-8-16(9-4-2)15(17)13-5-6-14-12(11-13)7-10-18-14/h7,10,13H,3-6,8-9,11H2,1-2H3/t13-/m1/s1. The lowest BCUT2D eigenvalue weighted by molar-refractivity contribution is -0.136. The van der Waals surface area contributed by atoms with E-state index < -0.39 is 0 Å². The van der Waals surface area contributed by atoms with Crippen LogP contribution in [0.2, 0.25) is 0 Å². The summed E-state index contributed by atoms with van der Waals surface area (Å²) in [7, 11) is 0. The molecule has 0 aromatic carbocycles. The zero-order valence-electron chi connectivity index (χ0n) is 11.4. The molecule has 0 bridgehead atoms. The quantitative estimate of drug-likeness (QED) is 0.798. The summed E-state index contributed by atoms with van der Waals surface area (Å²) in [5.41, 5.74) is 1.41. The third-order valence-electron chi connectivity index (χ3n) is 3.67. The van der Waals surface area contributed by atoms with Gasteiger partial charge in [-0.2, -0.15) is 0 Å². The molecule has 0 radical (unpaired) electrons. The van der Waals surface area contributed by atoms with E-state index in [-0.39, 0.29) is 5.92 Å². The summed E-state index contributed by atoms with van der Waals surface area (Å²) in [4.78, 5) is 16.1. The van der Waals surface area contributed by atoms with Crippen molar-refractivity contribution in [1.29, 1.82) is 0 Å². The van der Waals surface area contributed by atoms with E-state index in [0.717, 1.165) is 45.2 Å². The molecule has 1 aromatic heterocycles. The van der Waals surface area contributed by atoms with Crippen molar-refractivity contribution in [3.8, 4) is 0 Å². The van der Waals surface area contributed by atoms with E-state index in [1.807, 2.05) is 11.3 Å². The van der Waals surface area contributed by atoms with Crippen LogP contribution in [-0.2, 0) is 17.6 Å². The molecular weight excluding hydrogens is 242 g/mol. The fourth-order valence-corrected chi connectivity index (χ4v) is 3.72. The zero-order valence-corrected chi connectivity index (χ0v) is 12.3. The van der Waals surface area contributed by atoms with Crippen LogP contribution >= 0.6 is 11.3 Å². The molecule has 0 saturated heterocycles. The SMILES string of the molecule is CCCN(CCC)C(=O)[C@@H]1CCc2sccc2C1. The van der Waals surface area contributed by atoms with Crippen molar-refractivity contribution < 1.29 is 4.79 Å². The normalized spacial score (nSPS) is 18.4. The highest BCUT2D eigenvalue weighted by molar-refractivity contribution is 7.10. The molecule has 0 N–H and O–H groups in total. The monoisotopic (exact) mass is 265 g/mol. The van der Waals surface area contributed by atoms with Gasteiger partial charge in [0.05, 0.1) is 0 Å². The number of carbonyl (C=O) groups excluding carboxylic acids is 1. The maximum absolute atomic E-state index is 12.5. The Balaban J connectivity index is 2.01. The molecule has 1 heterocycles. The molecule has 0 fully saturated rings. The lowest BCUT2D eigenvalue weighted by atomic mass is 9.87. The molecule has 0 saturated carbocycles. The van der Waals surface area contributed by atoms with Crippen molar-refractivity contribution in [1.82, 2.24) is 4.90 Å². The van der Waals surface area contributed by atoms with Gasteiger partial charge in [-0.05, 0) is 49.1 Å². The van der Waals surface area contributed by atoms with Gasteiger partial charge in [0.1, 0.15) is 0 Å². The molecule has 0 spiro atoms. The second-order valence-electron chi connectivity index (χ2n) is 5.13. The molecular formula is C15H23NOS. The van der Waals surface area contributed by atoms with Crippen LogP contribution in [0.15, 0.2) is 11.4 Å². The highest BCUT2D eigenvalue weighted by Crippen LogP contribution is 2.30. The number of carbonyl (C=O) groups is 1. The first-order chi connectivity index (χ1) is 8.76. The van der Waals surface area contributed by atoms with E-state index in [9.17, 15) is 4.79 Å². The molecule has 100 valence electrons. The Bertz CT molecular complexity index is 393. The van der Waals surface area contributed by atoms with E-state index in [2.05, 4.69) is 30.2 Å². The van der Waals surface area contributed by atoms with Crippen LogP contribution in [-0.4, -0.2) is 23.9 Å². The first-order valence-electron chi connectivity index (χ1n) is 7.10. The van der Waals surface area contributed by atoms with Gasteiger partial charge in [0, 0.05) is 23.9 Å². The minimum absolute atomic E-state index is 0.227. The van der Waals surface area contributed by atoms with Gasteiger partial charge in [0.15, 0.2) is 0 Å². The topological polar surface area (TPSA) is 20.3 Å². The van der Waals surface area contributed by atoms with Gasteiger partial charge in [0.2, 0.25) is 5.91 Å². The summed E-state index contributed by atoms with van der Waals surface area (Å²) >= 11 is 1.84. The van der Waals surface area contributed by atoms with Gasteiger partial charge in [-0.1, -0.05) is 13.8 Å². The molecule has 1 amide bonds. The molecule has 18 heavy (non-hydrogen) atoms. The van der Waals surface area contributed by atoms with E-state index in [1.54, 1.807) is 0 Å². The number of thiophene rings is 1. The van der Waals surface area contributed by atoms with Crippen molar-refractivity contribution >= 4 is 17.2 Å². The fraction of sp³-hybridized carbons (Fsp3) is 0.667. The number of hydrogen-bond donors (Lipinski definition) is 0. The highest BCUT2D eigenvalue weighted by atomic mass is 32.1. The number of aryl methyl sites for hydroxylation is 1. The summed E-state index contributed by atoms with van der Waals surface area (Å²) in [6.07, 6.45) is 5.21. The largest absolute Gasteiger partial charge is 0.342 e. The van der Waals surface area contributed by atoms with Crippen molar-refractivity contribution in [3.63, 3.8) is 0 Å². The van der Waals surface area contributed by atoms with Crippen LogP contribution in [0.3, 0.4) is 0 Å². The van der Waals surface area contributed by atoms with Gasteiger partial charge in [-0.3, -0.25) is 4.79 Å². The van der Waals surface area contributed by atoms with Crippen molar-refractivity contribution in [3.05, 3.63) is 21.9 Å². The number of nitrogens with zero attached hydrogens (tertiary/aromatic N) is 1. The predicted molar refractivity (Wildman–Crippen MR) is 77.0 cm³/mol. The Labute approximate surface area is 114 Å². The lowest BCUT2D eigenvalue weighted by Crippen LogP contribution is -2.39. The van der Waals surface area contributed by atoms with E-state index in [4.69, 9.17) is 0 Å². The van der Waals surface area contributed by atoms with E-state index in [0.29, 0.717) is 5.91 Å². The van der Waals surface area contributed by atoms with Gasteiger partial charge in [0.25, 0.3) is 0 Å². The second-order valence-corrected chi connectivity index (χ2v) is 6.13. The Hall–Kier alpha value is -0.830. The molecule has 3 heteroatoms. The van der Waals surface area contributed by atoms with Crippen LogP contribution < -0.4 is 0 Å². The third kappa shape index (κ3) is 2.94. The second kappa shape index (κ2) is 6.37. The van der Waals surface area contributed by atoms with Crippen LogP contribution in [0.4, 0.5) is 0 Å². The first-order valence-corrected chi connectivity index (χ1v) is 7.98. The van der Waals surface area contributed by atoms with Crippen molar-refractivity contribution in [2.24, 2.45) is 5.92 Å². The minimum atomic E-state index is 0.227. The number of hydrogen-bond acceptors (Lipinski definition) is 2. The molecule has 1 aliphatic carbocycles. The van der Waals surface area contributed by atoms with Gasteiger partial charge in [-0.15, -0.1) is 11.3 Å². The Morgan fingerprint density at radius 1 is 1.39 bits per heavy atom. The Morgan fingerprint density at radius 3 is 2.78 bits per heavy atom. The van der Waals surface area contributed by atoms with Crippen LogP contribution in [0.25, 0.3) is 0 Å². The smallest absolute Gasteiger partial charge is 0.226 e. The van der Waals surface area contributed by atoms with Gasteiger partial charge < -0.3 is 4.90 Å². The third-order valence-corrected chi connectivity index (χ3v) is 4.69. The van der Waals surface area contributed by atoms with Gasteiger partial charge >= 0.3 is 0 Å². The molecule has 1 aromatic rings. The maximum Gasteiger partial charge on any atom is 0.226 e. The summed E-state index contributed by atoms with van der Waals surface area (Å²) in [6, 6.07) is 2.20. The first kappa shape index (κ1) is 13.6. The van der Waals surface area contributed by atoms with E-state index >= 15 is 0 Å². The summed E-state index contributed by atoms with van der Waals surface area (Å²) in [5.74, 6) is 0.612. The van der Waals surface area contributed by atoms with E-state index in [1.165, 1.54) is 10.4 Å². The number of amides is 1. The molecule has 0 unspecified atom stereocenters. The van der Waals surface area contributed by atoms with Crippen molar-refractivity contribution in [2.45, 2.75) is 46.0 Å².